The third-order valence-electron chi connectivity index (χ3n) is 5.41. The molecule has 1 aromatic heterocycles. The number of hydrogen-bond acceptors (Lipinski definition) is 3. The summed E-state index contributed by atoms with van der Waals surface area (Å²) < 4.78 is 2.00. The summed E-state index contributed by atoms with van der Waals surface area (Å²) in [5.41, 5.74) is 4.00. The number of rotatable bonds is 3. The molecule has 2 atom stereocenters. The Kier molecular flexibility index (Phi) is 3.93. The van der Waals surface area contributed by atoms with Gasteiger partial charge in [-0.25, -0.2) is 0 Å². The van der Waals surface area contributed by atoms with Gasteiger partial charge in [-0.3, -0.25) is 9.69 Å². The van der Waals surface area contributed by atoms with Crippen LogP contribution in [0.1, 0.15) is 23.6 Å². The molecule has 24 heavy (non-hydrogen) atoms. The molecule has 3 heterocycles. The summed E-state index contributed by atoms with van der Waals surface area (Å²) in [6.07, 6.45) is 1.22. The van der Waals surface area contributed by atoms with E-state index in [0.717, 1.165) is 26.2 Å². The van der Waals surface area contributed by atoms with E-state index in [4.69, 9.17) is 0 Å². The van der Waals surface area contributed by atoms with Gasteiger partial charge in [0.25, 0.3) is 5.56 Å². The number of likely N-dealkylation sites (tertiary alicyclic amines) is 1. The normalized spacial score (nSPS) is 22.9. The highest BCUT2D eigenvalue weighted by molar-refractivity contribution is 5.46. The number of fused-ring (bicyclic) bond motifs is 4. The Morgan fingerprint density at radius 1 is 1.04 bits per heavy atom. The van der Waals surface area contributed by atoms with Crippen molar-refractivity contribution < 1.29 is 0 Å². The topological polar surface area (TPSA) is 28.5 Å². The molecule has 1 fully saturated rings. The van der Waals surface area contributed by atoms with Crippen molar-refractivity contribution in [3.8, 4) is 0 Å². The summed E-state index contributed by atoms with van der Waals surface area (Å²) in [5, 5.41) is 0. The molecule has 0 saturated carbocycles. The first kappa shape index (κ1) is 15.5. The van der Waals surface area contributed by atoms with E-state index in [1.807, 2.05) is 10.6 Å². The number of nitrogens with zero attached hydrogens (tertiary/aromatic N) is 3. The largest absolute Gasteiger partial charge is 0.378 e. The van der Waals surface area contributed by atoms with Crippen molar-refractivity contribution in [1.29, 1.82) is 0 Å². The zero-order valence-electron chi connectivity index (χ0n) is 14.5. The van der Waals surface area contributed by atoms with E-state index in [0.29, 0.717) is 11.8 Å². The molecule has 2 aromatic rings. The van der Waals surface area contributed by atoms with Crippen LogP contribution in [0.2, 0.25) is 0 Å². The minimum atomic E-state index is 0.162. The van der Waals surface area contributed by atoms with Crippen LogP contribution in [-0.4, -0.2) is 36.7 Å². The molecule has 4 rings (SSSR count). The Labute approximate surface area is 143 Å². The number of aromatic nitrogens is 1. The van der Waals surface area contributed by atoms with Gasteiger partial charge in [0.1, 0.15) is 0 Å². The Morgan fingerprint density at radius 3 is 2.58 bits per heavy atom. The number of piperidine rings is 1. The minimum Gasteiger partial charge on any atom is -0.378 e. The Hall–Kier alpha value is -2.07. The lowest BCUT2D eigenvalue weighted by atomic mass is 9.83. The predicted octanol–water partition coefficient (Wildman–Crippen LogP) is 2.53. The molecule has 126 valence electrons. The zero-order valence-corrected chi connectivity index (χ0v) is 14.5. The van der Waals surface area contributed by atoms with Crippen molar-refractivity contribution in [2.45, 2.75) is 25.4 Å². The lowest BCUT2D eigenvalue weighted by Gasteiger charge is -2.42. The van der Waals surface area contributed by atoms with Crippen LogP contribution in [0, 0.1) is 5.92 Å². The maximum Gasteiger partial charge on any atom is 0.250 e. The maximum atomic E-state index is 12.1. The van der Waals surface area contributed by atoms with Gasteiger partial charge in [0.2, 0.25) is 0 Å². The first-order chi connectivity index (χ1) is 11.6. The second kappa shape index (κ2) is 6.10. The summed E-state index contributed by atoms with van der Waals surface area (Å²) in [7, 11) is 4.14. The second-order valence-electron chi connectivity index (χ2n) is 7.45. The molecule has 4 nitrogen and oxygen atoms in total. The molecule has 0 spiro atoms. The summed E-state index contributed by atoms with van der Waals surface area (Å²) in [4.78, 5) is 16.8. The van der Waals surface area contributed by atoms with Crippen LogP contribution in [0.4, 0.5) is 5.69 Å². The first-order valence-corrected chi connectivity index (χ1v) is 8.78. The quantitative estimate of drug-likeness (QED) is 0.869. The highest BCUT2D eigenvalue weighted by Gasteiger charge is 2.34. The van der Waals surface area contributed by atoms with Crippen molar-refractivity contribution in [2.24, 2.45) is 5.92 Å². The fourth-order valence-electron chi connectivity index (χ4n) is 4.28. The standard InChI is InChI=1S/C20H25N3O/c1-21(2)18-8-6-15(7-9-18)11-22-12-16-10-17(14-22)19-4-3-5-20(24)23(19)13-16/h3-9,16-17H,10-14H2,1-2H3/t16-,17?/m0/s1. The molecule has 1 unspecified atom stereocenters. The van der Waals surface area contributed by atoms with Gasteiger partial charge >= 0.3 is 0 Å². The van der Waals surface area contributed by atoms with Gasteiger partial charge in [-0.05, 0) is 36.1 Å². The number of benzene rings is 1. The van der Waals surface area contributed by atoms with Crippen LogP contribution in [-0.2, 0) is 13.1 Å². The number of hydrogen-bond donors (Lipinski definition) is 0. The van der Waals surface area contributed by atoms with Crippen molar-refractivity contribution in [3.05, 3.63) is 64.1 Å². The van der Waals surface area contributed by atoms with Gasteiger partial charge in [0.15, 0.2) is 0 Å². The maximum absolute atomic E-state index is 12.1. The molecule has 4 heteroatoms. The van der Waals surface area contributed by atoms with Gasteiger partial charge in [-0.15, -0.1) is 0 Å². The first-order valence-electron chi connectivity index (χ1n) is 8.78. The van der Waals surface area contributed by atoms with Crippen LogP contribution in [0.15, 0.2) is 47.3 Å². The van der Waals surface area contributed by atoms with E-state index in [-0.39, 0.29) is 5.56 Å². The van der Waals surface area contributed by atoms with E-state index in [1.165, 1.54) is 23.4 Å². The summed E-state index contributed by atoms with van der Waals surface area (Å²) in [6, 6.07) is 14.6. The monoisotopic (exact) mass is 323 g/mol. The highest BCUT2D eigenvalue weighted by atomic mass is 16.1. The van der Waals surface area contributed by atoms with E-state index in [9.17, 15) is 4.79 Å². The van der Waals surface area contributed by atoms with Crippen molar-refractivity contribution >= 4 is 5.69 Å². The average Bonchev–Trinajstić information content (AvgIpc) is 2.56. The van der Waals surface area contributed by atoms with Crippen LogP contribution < -0.4 is 10.5 Å². The fraction of sp³-hybridized carbons (Fsp3) is 0.450. The lowest BCUT2D eigenvalue weighted by molar-refractivity contribution is 0.114. The zero-order chi connectivity index (χ0) is 16.7. The van der Waals surface area contributed by atoms with Crippen LogP contribution >= 0.6 is 0 Å². The third-order valence-corrected chi connectivity index (χ3v) is 5.41. The summed E-state index contributed by atoms with van der Waals surface area (Å²) in [5.74, 6) is 1.09. The second-order valence-corrected chi connectivity index (χ2v) is 7.45. The van der Waals surface area contributed by atoms with Crippen LogP contribution in [0.3, 0.4) is 0 Å². The molecule has 1 saturated heterocycles. The minimum absolute atomic E-state index is 0.162. The molecular weight excluding hydrogens is 298 g/mol. The highest BCUT2D eigenvalue weighted by Crippen LogP contribution is 2.35. The lowest BCUT2D eigenvalue weighted by Crippen LogP contribution is -2.46. The van der Waals surface area contributed by atoms with Gasteiger partial charge in [0, 0.05) is 63.6 Å². The van der Waals surface area contributed by atoms with Crippen molar-refractivity contribution in [2.75, 3.05) is 32.1 Å². The molecule has 1 aromatic carbocycles. The van der Waals surface area contributed by atoms with Crippen LogP contribution in [0.25, 0.3) is 0 Å². The van der Waals surface area contributed by atoms with Gasteiger partial charge < -0.3 is 9.47 Å². The van der Waals surface area contributed by atoms with E-state index < -0.39 is 0 Å². The van der Waals surface area contributed by atoms with Crippen LogP contribution in [0.5, 0.6) is 0 Å². The van der Waals surface area contributed by atoms with Crippen molar-refractivity contribution in [3.63, 3.8) is 0 Å². The van der Waals surface area contributed by atoms with Gasteiger partial charge in [-0.2, -0.15) is 0 Å². The van der Waals surface area contributed by atoms with E-state index in [1.54, 1.807) is 6.07 Å². The molecular formula is C20H25N3O. The van der Waals surface area contributed by atoms with Gasteiger partial charge in [0.05, 0.1) is 0 Å². The smallest absolute Gasteiger partial charge is 0.250 e. The van der Waals surface area contributed by atoms with Crippen molar-refractivity contribution in [1.82, 2.24) is 9.47 Å². The summed E-state index contributed by atoms with van der Waals surface area (Å²) >= 11 is 0. The predicted molar refractivity (Wildman–Crippen MR) is 97.6 cm³/mol. The fourth-order valence-corrected chi connectivity index (χ4v) is 4.28. The number of pyridine rings is 1. The molecule has 0 N–H and O–H groups in total. The van der Waals surface area contributed by atoms with E-state index >= 15 is 0 Å². The van der Waals surface area contributed by atoms with E-state index in [2.05, 4.69) is 54.2 Å². The van der Waals surface area contributed by atoms with Gasteiger partial charge in [-0.1, -0.05) is 18.2 Å². The molecule has 0 radical (unpaired) electrons. The Balaban J connectivity index is 1.51. The average molecular weight is 323 g/mol. The molecule has 2 aliphatic heterocycles. The SMILES string of the molecule is CN(C)c1ccc(CN2CC3C[C@@H](C2)Cn2c3cccc2=O)cc1. The molecule has 2 aliphatic rings. The summed E-state index contributed by atoms with van der Waals surface area (Å²) in [6.45, 7) is 4.02. The molecule has 2 bridgehead atoms. The molecule has 0 aliphatic carbocycles. The Bertz CT molecular complexity index is 778. The molecule has 0 amide bonds. The number of anilines is 1. The Morgan fingerprint density at radius 2 is 1.83 bits per heavy atom. The third kappa shape index (κ3) is 2.86.